The zero-order valence-corrected chi connectivity index (χ0v) is 8.34. The zero-order chi connectivity index (χ0) is 8.55. The summed E-state index contributed by atoms with van der Waals surface area (Å²) >= 11 is 0. The molecular formula is C12H20. The van der Waals surface area contributed by atoms with Crippen molar-refractivity contribution in [3.8, 4) is 0 Å². The van der Waals surface area contributed by atoms with Crippen LogP contribution in [0, 0.1) is 17.8 Å². The molecule has 2 aliphatic rings. The molecule has 0 saturated heterocycles. The highest BCUT2D eigenvalue weighted by Crippen LogP contribution is 2.41. The second-order valence-electron chi connectivity index (χ2n) is 4.93. The Morgan fingerprint density at radius 3 is 2.92 bits per heavy atom. The summed E-state index contributed by atoms with van der Waals surface area (Å²) in [7, 11) is 0. The van der Waals surface area contributed by atoms with Gasteiger partial charge in [0.25, 0.3) is 0 Å². The lowest BCUT2D eigenvalue weighted by Gasteiger charge is -2.37. The van der Waals surface area contributed by atoms with Gasteiger partial charge < -0.3 is 0 Å². The van der Waals surface area contributed by atoms with Gasteiger partial charge in [0.05, 0.1) is 0 Å². The van der Waals surface area contributed by atoms with E-state index in [4.69, 9.17) is 0 Å². The largest absolute Gasteiger partial charge is 0.0853 e. The van der Waals surface area contributed by atoms with Crippen LogP contribution in [0.5, 0.6) is 0 Å². The van der Waals surface area contributed by atoms with Crippen LogP contribution >= 0.6 is 0 Å². The van der Waals surface area contributed by atoms with Gasteiger partial charge in [0, 0.05) is 0 Å². The fraction of sp³-hybridized carbons (Fsp3) is 0.833. The third-order valence-corrected chi connectivity index (χ3v) is 3.76. The van der Waals surface area contributed by atoms with E-state index in [9.17, 15) is 0 Å². The van der Waals surface area contributed by atoms with Gasteiger partial charge >= 0.3 is 0 Å². The van der Waals surface area contributed by atoms with Gasteiger partial charge in [-0.05, 0) is 50.4 Å². The lowest BCUT2D eigenvalue weighted by Crippen LogP contribution is -2.25. The van der Waals surface area contributed by atoms with Crippen LogP contribution in [0.1, 0.15) is 46.0 Å². The van der Waals surface area contributed by atoms with Crippen molar-refractivity contribution in [2.45, 2.75) is 46.0 Å². The number of allylic oxidation sites excluding steroid dienone is 2. The molecule has 0 N–H and O–H groups in total. The molecule has 0 spiro atoms. The van der Waals surface area contributed by atoms with E-state index in [1.807, 2.05) is 0 Å². The van der Waals surface area contributed by atoms with Gasteiger partial charge in [-0.3, -0.25) is 0 Å². The second-order valence-corrected chi connectivity index (χ2v) is 4.93. The van der Waals surface area contributed by atoms with Crippen molar-refractivity contribution in [3.63, 3.8) is 0 Å². The molecular weight excluding hydrogens is 144 g/mol. The van der Waals surface area contributed by atoms with Gasteiger partial charge in [0.15, 0.2) is 0 Å². The fourth-order valence-corrected chi connectivity index (χ4v) is 2.97. The lowest BCUT2D eigenvalue weighted by molar-refractivity contribution is 0.180. The van der Waals surface area contributed by atoms with Gasteiger partial charge in [-0.15, -0.1) is 0 Å². The highest BCUT2D eigenvalue weighted by atomic mass is 14.3. The first kappa shape index (κ1) is 8.34. The van der Waals surface area contributed by atoms with Crippen LogP contribution < -0.4 is 0 Å². The predicted molar refractivity (Wildman–Crippen MR) is 53.0 cm³/mol. The summed E-state index contributed by atoms with van der Waals surface area (Å²) in [6, 6.07) is 0. The first-order chi connectivity index (χ1) is 5.75. The molecule has 0 aromatic carbocycles. The Morgan fingerprint density at radius 1 is 1.25 bits per heavy atom. The third-order valence-electron chi connectivity index (χ3n) is 3.76. The van der Waals surface area contributed by atoms with E-state index in [1.165, 1.54) is 32.1 Å². The molecule has 0 aliphatic heterocycles. The SMILES string of the molecule is CC1=CCC2CC(C)CCC2C1. The fourth-order valence-electron chi connectivity index (χ4n) is 2.97. The topological polar surface area (TPSA) is 0 Å². The normalized spacial score (nSPS) is 41.8. The van der Waals surface area contributed by atoms with Gasteiger partial charge in [0.2, 0.25) is 0 Å². The van der Waals surface area contributed by atoms with Gasteiger partial charge in [-0.25, -0.2) is 0 Å². The molecule has 68 valence electrons. The van der Waals surface area contributed by atoms with Crippen molar-refractivity contribution in [2.24, 2.45) is 17.8 Å². The van der Waals surface area contributed by atoms with Gasteiger partial charge in [-0.1, -0.05) is 25.0 Å². The minimum Gasteiger partial charge on any atom is -0.0853 e. The van der Waals surface area contributed by atoms with Crippen molar-refractivity contribution in [1.82, 2.24) is 0 Å². The van der Waals surface area contributed by atoms with Crippen molar-refractivity contribution in [3.05, 3.63) is 11.6 Å². The van der Waals surface area contributed by atoms with Crippen molar-refractivity contribution in [1.29, 1.82) is 0 Å². The molecule has 1 saturated carbocycles. The molecule has 0 radical (unpaired) electrons. The van der Waals surface area contributed by atoms with E-state index in [-0.39, 0.29) is 0 Å². The van der Waals surface area contributed by atoms with Crippen molar-refractivity contribution < 1.29 is 0 Å². The molecule has 0 heterocycles. The maximum atomic E-state index is 2.47. The number of fused-ring (bicyclic) bond motifs is 1. The summed E-state index contributed by atoms with van der Waals surface area (Å²) in [6.07, 6.45) is 9.72. The minimum absolute atomic E-state index is 0.998. The first-order valence-corrected chi connectivity index (χ1v) is 5.41. The van der Waals surface area contributed by atoms with E-state index in [2.05, 4.69) is 19.9 Å². The first-order valence-electron chi connectivity index (χ1n) is 5.41. The number of hydrogen-bond acceptors (Lipinski definition) is 0. The predicted octanol–water partition coefficient (Wildman–Crippen LogP) is 3.78. The molecule has 0 amide bonds. The average Bonchev–Trinajstić information content (AvgIpc) is 2.05. The lowest BCUT2D eigenvalue weighted by atomic mass is 9.68. The van der Waals surface area contributed by atoms with Crippen molar-refractivity contribution in [2.75, 3.05) is 0 Å². The standard InChI is InChI=1S/C12H20/c1-9-3-5-12-8-10(2)4-6-11(12)7-9/h3,10-12H,4-8H2,1-2H3. The highest BCUT2D eigenvalue weighted by Gasteiger charge is 2.29. The molecule has 1 fully saturated rings. The van der Waals surface area contributed by atoms with E-state index < -0.39 is 0 Å². The Bertz CT molecular complexity index is 190. The van der Waals surface area contributed by atoms with Gasteiger partial charge in [0.1, 0.15) is 0 Å². The molecule has 0 aromatic heterocycles. The minimum atomic E-state index is 0.998. The Hall–Kier alpha value is -0.260. The van der Waals surface area contributed by atoms with E-state index in [0.717, 1.165) is 17.8 Å². The number of rotatable bonds is 0. The summed E-state index contributed by atoms with van der Waals surface area (Å²) < 4.78 is 0. The van der Waals surface area contributed by atoms with Crippen LogP contribution in [0.2, 0.25) is 0 Å². The quantitative estimate of drug-likeness (QED) is 0.478. The zero-order valence-electron chi connectivity index (χ0n) is 8.34. The van der Waals surface area contributed by atoms with Crippen LogP contribution in [0.15, 0.2) is 11.6 Å². The van der Waals surface area contributed by atoms with Crippen LogP contribution in [-0.2, 0) is 0 Å². The molecule has 0 aromatic rings. The maximum Gasteiger partial charge on any atom is -0.0292 e. The molecule has 3 unspecified atom stereocenters. The Kier molecular flexibility index (Phi) is 2.25. The second kappa shape index (κ2) is 3.24. The van der Waals surface area contributed by atoms with Crippen LogP contribution in [0.4, 0.5) is 0 Å². The molecule has 12 heavy (non-hydrogen) atoms. The Balaban J connectivity index is 2.02. The maximum absolute atomic E-state index is 2.47. The molecule has 0 nitrogen and oxygen atoms in total. The summed E-state index contributed by atoms with van der Waals surface area (Å²) in [6.45, 7) is 4.72. The molecule has 2 rings (SSSR count). The van der Waals surface area contributed by atoms with Crippen molar-refractivity contribution >= 4 is 0 Å². The summed E-state index contributed by atoms with van der Waals surface area (Å²) in [5.41, 5.74) is 1.64. The van der Waals surface area contributed by atoms with Crippen LogP contribution in [0.3, 0.4) is 0 Å². The summed E-state index contributed by atoms with van der Waals surface area (Å²) in [4.78, 5) is 0. The monoisotopic (exact) mass is 164 g/mol. The van der Waals surface area contributed by atoms with E-state index >= 15 is 0 Å². The molecule has 0 heteroatoms. The molecule has 2 aliphatic carbocycles. The summed E-state index contributed by atoms with van der Waals surface area (Å²) in [5, 5.41) is 0. The van der Waals surface area contributed by atoms with Crippen LogP contribution in [-0.4, -0.2) is 0 Å². The highest BCUT2D eigenvalue weighted by molar-refractivity contribution is 5.06. The number of hydrogen-bond donors (Lipinski definition) is 0. The van der Waals surface area contributed by atoms with E-state index in [0.29, 0.717) is 0 Å². The van der Waals surface area contributed by atoms with Crippen LogP contribution in [0.25, 0.3) is 0 Å². The average molecular weight is 164 g/mol. The molecule has 0 bridgehead atoms. The summed E-state index contributed by atoms with van der Waals surface area (Å²) in [5.74, 6) is 3.08. The Morgan fingerprint density at radius 2 is 2.08 bits per heavy atom. The smallest absolute Gasteiger partial charge is 0.0292 e. The van der Waals surface area contributed by atoms with E-state index in [1.54, 1.807) is 5.57 Å². The molecule has 3 atom stereocenters. The van der Waals surface area contributed by atoms with Gasteiger partial charge in [-0.2, -0.15) is 0 Å². The Labute approximate surface area is 76.1 Å². The third kappa shape index (κ3) is 1.57.